The molecule has 1 fully saturated rings. The van der Waals surface area contributed by atoms with Gasteiger partial charge in [0.25, 0.3) is 0 Å². The SMILES string of the molecule is Cc1cc(Cl)ncc1NC1CCCC(C)(C)C1. The number of hydrogen-bond donors (Lipinski definition) is 1. The third-order valence-electron chi connectivity index (χ3n) is 3.64. The number of anilines is 1. The van der Waals surface area contributed by atoms with E-state index in [0.717, 1.165) is 5.69 Å². The molecule has 0 aliphatic heterocycles. The summed E-state index contributed by atoms with van der Waals surface area (Å²) in [6.07, 6.45) is 6.98. The third-order valence-corrected chi connectivity index (χ3v) is 3.85. The molecule has 3 heteroatoms. The van der Waals surface area contributed by atoms with Gasteiger partial charge in [-0.15, -0.1) is 0 Å². The number of hydrogen-bond acceptors (Lipinski definition) is 2. The molecule has 1 unspecified atom stereocenters. The van der Waals surface area contributed by atoms with Crippen LogP contribution < -0.4 is 5.32 Å². The predicted molar refractivity (Wildman–Crippen MR) is 73.6 cm³/mol. The molecule has 0 bridgehead atoms. The van der Waals surface area contributed by atoms with Crippen molar-refractivity contribution < 1.29 is 0 Å². The average molecular weight is 253 g/mol. The first kappa shape index (κ1) is 12.7. The largest absolute Gasteiger partial charge is 0.381 e. The average Bonchev–Trinajstić information content (AvgIpc) is 2.21. The van der Waals surface area contributed by atoms with E-state index in [2.05, 4.69) is 31.1 Å². The highest BCUT2D eigenvalue weighted by Gasteiger charge is 2.27. The van der Waals surface area contributed by atoms with Gasteiger partial charge in [0.2, 0.25) is 0 Å². The monoisotopic (exact) mass is 252 g/mol. The summed E-state index contributed by atoms with van der Waals surface area (Å²) in [7, 11) is 0. The summed E-state index contributed by atoms with van der Waals surface area (Å²) < 4.78 is 0. The Morgan fingerprint density at radius 3 is 2.88 bits per heavy atom. The quantitative estimate of drug-likeness (QED) is 0.788. The lowest BCUT2D eigenvalue weighted by Crippen LogP contribution is -2.32. The van der Waals surface area contributed by atoms with Crippen LogP contribution in [0.1, 0.15) is 45.1 Å². The van der Waals surface area contributed by atoms with Crippen LogP contribution in [0.5, 0.6) is 0 Å². The molecule has 0 spiro atoms. The minimum absolute atomic E-state index is 0.462. The Bertz CT molecular complexity index is 401. The first-order valence-electron chi connectivity index (χ1n) is 6.35. The standard InChI is InChI=1S/C14H21ClN2/c1-10-7-13(15)16-9-12(10)17-11-5-4-6-14(2,3)8-11/h7,9,11,17H,4-6,8H2,1-3H3. The van der Waals surface area contributed by atoms with Crippen LogP contribution in [0, 0.1) is 12.3 Å². The smallest absolute Gasteiger partial charge is 0.129 e. The van der Waals surface area contributed by atoms with Crippen LogP contribution in [-0.2, 0) is 0 Å². The van der Waals surface area contributed by atoms with Gasteiger partial charge in [0.1, 0.15) is 5.15 Å². The first-order chi connectivity index (χ1) is 7.96. The molecule has 0 saturated heterocycles. The van der Waals surface area contributed by atoms with Gasteiger partial charge in [-0.25, -0.2) is 4.98 Å². The van der Waals surface area contributed by atoms with E-state index in [1.807, 2.05) is 12.3 Å². The van der Waals surface area contributed by atoms with Crippen molar-refractivity contribution in [2.45, 2.75) is 52.5 Å². The summed E-state index contributed by atoms with van der Waals surface area (Å²) >= 11 is 5.87. The molecule has 1 aromatic heterocycles. The molecule has 1 atom stereocenters. The van der Waals surface area contributed by atoms with Gasteiger partial charge in [-0.1, -0.05) is 31.9 Å². The molecule has 1 N–H and O–H groups in total. The number of nitrogens with one attached hydrogen (secondary N) is 1. The number of rotatable bonds is 2. The van der Waals surface area contributed by atoms with E-state index < -0.39 is 0 Å². The van der Waals surface area contributed by atoms with Crippen LogP contribution in [0.4, 0.5) is 5.69 Å². The molecule has 2 nitrogen and oxygen atoms in total. The zero-order valence-electron chi connectivity index (χ0n) is 10.9. The predicted octanol–water partition coefficient (Wildman–Crippen LogP) is 4.42. The molecule has 0 radical (unpaired) electrons. The number of nitrogens with zero attached hydrogens (tertiary/aromatic N) is 1. The highest BCUT2D eigenvalue weighted by Crippen LogP contribution is 2.36. The van der Waals surface area contributed by atoms with Crippen molar-refractivity contribution in [3.63, 3.8) is 0 Å². The zero-order chi connectivity index (χ0) is 12.5. The lowest BCUT2D eigenvalue weighted by molar-refractivity contribution is 0.229. The van der Waals surface area contributed by atoms with E-state index in [4.69, 9.17) is 11.6 Å². The van der Waals surface area contributed by atoms with E-state index >= 15 is 0 Å². The van der Waals surface area contributed by atoms with Crippen LogP contribution in [0.2, 0.25) is 5.15 Å². The Balaban J connectivity index is 2.05. The fourth-order valence-corrected chi connectivity index (χ4v) is 2.93. The van der Waals surface area contributed by atoms with Crippen LogP contribution in [0.25, 0.3) is 0 Å². The summed E-state index contributed by atoms with van der Waals surface area (Å²) in [5.74, 6) is 0. The van der Waals surface area contributed by atoms with E-state index in [1.54, 1.807) is 0 Å². The number of aromatic nitrogens is 1. The van der Waals surface area contributed by atoms with Crippen LogP contribution in [-0.4, -0.2) is 11.0 Å². The van der Waals surface area contributed by atoms with Gasteiger partial charge in [0.15, 0.2) is 0 Å². The van der Waals surface area contributed by atoms with Gasteiger partial charge in [-0.3, -0.25) is 0 Å². The number of halogens is 1. The number of pyridine rings is 1. The van der Waals surface area contributed by atoms with Crippen LogP contribution >= 0.6 is 11.6 Å². The highest BCUT2D eigenvalue weighted by atomic mass is 35.5. The van der Waals surface area contributed by atoms with Gasteiger partial charge in [0.05, 0.1) is 11.9 Å². The molecule has 2 rings (SSSR count). The lowest BCUT2D eigenvalue weighted by Gasteiger charge is -2.36. The van der Waals surface area contributed by atoms with Crippen molar-refractivity contribution in [3.8, 4) is 0 Å². The van der Waals surface area contributed by atoms with Gasteiger partial charge < -0.3 is 5.32 Å². The molecule has 1 aliphatic carbocycles. The fourth-order valence-electron chi connectivity index (χ4n) is 2.71. The maximum atomic E-state index is 5.87. The molecule has 1 aliphatic rings. The lowest BCUT2D eigenvalue weighted by atomic mass is 9.75. The van der Waals surface area contributed by atoms with Crippen molar-refractivity contribution in [1.29, 1.82) is 0 Å². The second kappa shape index (κ2) is 4.85. The van der Waals surface area contributed by atoms with E-state index in [0.29, 0.717) is 16.6 Å². The Morgan fingerprint density at radius 1 is 1.47 bits per heavy atom. The normalized spacial score (nSPS) is 23.4. The molecule has 1 heterocycles. The molecule has 1 aromatic rings. The Hall–Kier alpha value is -0.760. The highest BCUT2D eigenvalue weighted by molar-refractivity contribution is 6.29. The molecular weight excluding hydrogens is 232 g/mol. The topological polar surface area (TPSA) is 24.9 Å². The molecule has 17 heavy (non-hydrogen) atoms. The van der Waals surface area contributed by atoms with Gasteiger partial charge in [0, 0.05) is 6.04 Å². The summed E-state index contributed by atoms with van der Waals surface area (Å²) in [6.45, 7) is 6.78. The summed E-state index contributed by atoms with van der Waals surface area (Å²) in [5.41, 5.74) is 2.76. The van der Waals surface area contributed by atoms with Crippen molar-refractivity contribution in [1.82, 2.24) is 4.98 Å². The molecule has 0 aromatic carbocycles. The molecular formula is C14H21ClN2. The van der Waals surface area contributed by atoms with Gasteiger partial charge >= 0.3 is 0 Å². The molecule has 0 amide bonds. The van der Waals surface area contributed by atoms with Crippen molar-refractivity contribution >= 4 is 17.3 Å². The minimum Gasteiger partial charge on any atom is -0.381 e. The van der Waals surface area contributed by atoms with E-state index in [9.17, 15) is 0 Å². The Labute approximate surface area is 109 Å². The minimum atomic E-state index is 0.462. The number of aryl methyl sites for hydroxylation is 1. The molecule has 94 valence electrons. The zero-order valence-corrected chi connectivity index (χ0v) is 11.6. The van der Waals surface area contributed by atoms with Crippen molar-refractivity contribution in [2.75, 3.05) is 5.32 Å². The summed E-state index contributed by atoms with van der Waals surface area (Å²) in [6, 6.07) is 2.48. The van der Waals surface area contributed by atoms with Crippen molar-refractivity contribution in [3.05, 3.63) is 23.0 Å². The van der Waals surface area contributed by atoms with Crippen LogP contribution in [0.3, 0.4) is 0 Å². The molecule has 1 saturated carbocycles. The van der Waals surface area contributed by atoms with Gasteiger partial charge in [-0.2, -0.15) is 0 Å². The second-order valence-corrected chi connectivity index (χ2v) is 6.31. The van der Waals surface area contributed by atoms with Crippen molar-refractivity contribution in [2.24, 2.45) is 5.41 Å². The maximum Gasteiger partial charge on any atom is 0.129 e. The third kappa shape index (κ3) is 3.35. The summed E-state index contributed by atoms with van der Waals surface area (Å²) in [4.78, 5) is 4.14. The summed E-state index contributed by atoms with van der Waals surface area (Å²) in [5, 5.41) is 4.18. The van der Waals surface area contributed by atoms with Gasteiger partial charge in [-0.05, 0) is 43.2 Å². The Morgan fingerprint density at radius 2 is 2.24 bits per heavy atom. The van der Waals surface area contributed by atoms with E-state index in [1.165, 1.54) is 31.2 Å². The fraction of sp³-hybridized carbons (Fsp3) is 0.643. The first-order valence-corrected chi connectivity index (χ1v) is 6.73. The Kier molecular flexibility index (Phi) is 3.62. The van der Waals surface area contributed by atoms with Crippen LogP contribution in [0.15, 0.2) is 12.3 Å². The van der Waals surface area contributed by atoms with E-state index in [-0.39, 0.29) is 0 Å². The second-order valence-electron chi connectivity index (χ2n) is 5.92. The maximum absolute atomic E-state index is 5.87.